The fourth-order valence-corrected chi connectivity index (χ4v) is 1.75. The number of furan rings is 1. The van der Waals surface area contributed by atoms with Crippen LogP contribution in [-0.2, 0) is 16.1 Å². The molecule has 0 radical (unpaired) electrons. The van der Waals surface area contributed by atoms with Crippen LogP contribution in [0.25, 0.3) is 0 Å². The molecule has 0 atom stereocenters. The van der Waals surface area contributed by atoms with Gasteiger partial charge in [-0.25, -0.2) is 0 Å². The van der Waals surface area contributed by atoms with Gasteiger partial charge in [-0.2, -0.15) is 0 Å². The predicted molar refractivity (Wildman–Crippen MR) is 80.1 cm³/mol. The van der Waals surface area contributed by atoms with Crippen molar-refractivity contribution in [2.75, 3.05) is 20.2 Å². The number of rotatable bonds is 7. The minimum Gasteiger partial charge on any atom is -0.484 e. The highest BCUT2D eigenvalue weighted by Crippen LogP contribution is 2.07. The van der Waals surface area contributed by atoms with E-state index in [9.17, 15) is 9.59 Å². The van der Waals surface area contributed by atoms with Gasteiger partial charge in [-0.05, 0) is 24.3 Å². The number of benzene rings is 1. The molecular formula is C16H18N2O4. The monoisotopic (exact) mass is 302 g/mol. The van der Waals surface area contributed by atoms with Crippen LogP contribution in [0.4, 0.5) is 0 Å². The van der Waals surface area contributed by atoms with Crippen molar-refractivity contribution in [2.24, 2.45) is 0 Å². The smallest absolute Gasteiger partial charge is 0.258 e. The molecule has 6 nitrogen and oxygen atoms in total. The van der Waals surface area contributed by atoms with Crippen LogP contribution in [0.1, 0.15) is 5.76 Å². The Hall–Kier alpha value is -2.76. The molecule has 22 heavy (non-hydrogen) atoms. The normalized spacial score (nSPS) is 10.0. The van der Waals surface area contributed by atoms with Gasteiger partial charge >= 0.3 is 0 Å². The number of ether oxygens (including phenoxy) is 1. The minimum absolute atomic E-state index is 0.0752. The summed E-state index contributed by atoms with van der Waals surface area (Å²) in [5.41, 5.74) is 0. The quantitative estimate of drug-likeness (QED) is 0.840. The molecule has 6 heteroatoms. The standard InChI is InChI=1S/C16H18N2O4/c1-18(11-14-8-5-9-21-14)16(20)10-17-15(19)12-22-13-6-3-2-4-7-13/h2-9H,10-12H2,1H3,(H,17,19). The molecule has 1 aromatic carbocycles. The molecule has 0 unspecified atom stereocenters. The molecule has 2 amide bonds. The molecule has 0 saturated heterocycles. The van der Waals surface area contributed by atoms with E-state index >= 15 is 0 Å². The Bertz CT molecular complexity index is 596. The molecule has 0 fully saturated rings. The third-order valence-electron chi connectivity index (χ3n) is 2.95. The Morgan fingerprint density at radius 3 is 2.64 bits per heavy atom. The lowest BCUT2D eigenvalue weighted by Gasteiger charge is -2.16. The average Bonchev–Trinajstić information content (AvgIpc) is 3.04. The maximum atomic E-state index is 11.9. The van der Waals surface area contributed by atoms with Gasteiger partial charge in [-0.15, -0.1) is 0 Å². The van der Waals surface area contributed by atoms with Crippen LogP contribution in [0.2, 0.25) is 0 Å². The summed E-state index contributed by atoms with van der Waals surface area (Å²) >= 11 is 0. The fourth-order valence-electron chi connectivity index (χ4n) is 1.75. The maximum Gasteiger partial charge on any atom is 0.258 e. The van der Waals surface area contributed by atoms with Crippen molar-refractivity contribution in [3.63, 3.8) is 0 Å². The second kappa shape index (κ2) is 7.87. The molecule has 0 bridgehead atoms. The lowest BCUT2D eigenvalue weighted by atomic mass is 10.3. The van der Waals surface area contributed by atoms with E-state index in [0.29, 0.717) is 18.1 Å². The molecule has 1 aromatic heterocycles. The fraction of sp³-hybridized carbons (Fsp3) is 0.250. The van der Waals surface area contributed by atoms with E-state index in [4.69, 9.17) is 9.15 Å². The number of carbonyl (C=O) groups excluding carboxylic acids is 2. The Labute approximate surface area is 128 Å². The van der Waals surface area contributed by atoms with Crippen LogP contribution < -0.4 is 10.1 Å². The van der Waals surface area contributed by atoms with Crippen LogP contribution >= 0.6 is 0 Å². The Morgan fingerprint density at radius 1 is 1.18 bits per heavy atom. The highest BCUT2D eigenvalue weighted by Gasteiger charge is 2.12. The molecule has 1 heterocycles. The van der Waals surface area contributed by atoms with E-state index in [0.717, 1.165) is 0 Å². The highest BCUT2D eigenvalue weighted by molar-refractivity contribution is 5.85. The number of nitrogens with one attached hydrogen (secondary N) is 1. The summed E-state index contributed by atoms with van der Waals surface area (Å²) < 4.78 is 10.5. The zero-order valence-corrected chi connectivity index (χ0v) is 12.3. The second-order valence-electron chi connectivity index (χ2n) is 4.71. The molecule has 2 aromatic rings. The lowest BCUT2D eigenvalue weighted by Crippen LogP contribution is -2.39. The van der Waals surface area contributed by atoms with E-state index in [2.05, 4.69) is 5.32 Å². The summed E-state index contributed by atoms with van der Waals surface area (Å²) in [4.78, 5) is 25.0. The summed E-state index contributed by atoms with van der Waals surface area (Å²) in [5, 5.41) is 2.53. The number of para-hydroxylation sites is 1. The SMILES string of the molecule is CN(Cc1ccco1)C(=O)CNC(=O)COc1ccccc1. The Kier molecular flexibility index (Phi) is 5.59. The molecule has 0 aliphatic heterocycles. The van der Waals surface area contributed by atoms with Crippen molar-refractivity contribution in [3.8, 4) is 5.75 Å². The van der Waals surface area contributed by atoms with Crippen LogP contribution in [0.5, 0.6) is 5.75 Å². The van der Waals surface area contributed by atoms with Crippen molar-refractivity contribution >= 4 is 11.8 Å². The van der Waals surface area contributed by atoms with Gasteiger partial charge in [-0.3, -0.25) is 9.59 Å². The first-order chi connectivity index (χ1) is 10.6. The molecule has 0 spiro atoms. The van der Waals surface area contributed by atoms with Crippen LogP contribution in [0.3, 0.4) is 0 Å². The van der Waals surface area contributed by atoms with Gasteiger partial charge in [0.25, 0.3) is 5.91 Å². The second-order valence-corrected chi connectivity index (χ2v) is 4.71. The topological polar surface area (TPSA) is 71.8 Å². The van der Waals surface area contributed by atoms with Gasteiger partial charge in [0.05, 0.1) is 19.4 Å². The van der Waals surface area contributed by atoms with Gasteiger partial charge < -0.3 is 19.4 Å². The van der Waals surface area contributed by atoms with Crippen molar-refractivity contribution in [1.82, 2.24) is 10.2 Å². The van der Waals surface area contributed by atoms with Gasteiger partial charge in [0.2, 0.25) is 5.91 Å². The van der Waals surface area contributed by atoms with Crippen molar-refractivity contribution in [3.05, 3.63) is 54.5 Å². The van der Waals surface area contributed by atoms with E-state index in [1.54, 1.807) is 37.6 Å². The number of likely N-dealkylation sites (N-methyl/N-ethyl adjacent to an activating group) is 1. The van der Waals surface area contributed by atoms with Crippen LogP contribution in [0.15, 0.2) is 53.1 Å². The summed E-state index contributed by atoms with van der Waals surface area (Å²) in [6.45, 7) is 0.162. The highest BCUT2D eigenvalue weighted by atomic mass is 16.5. The zero-order valence-electron chi connectivity index (χ0n) is 12.3. The number of amides is 2. The molecule has 2 rings (SSSR count). The number of hydrogen-bond donors (Lipinski definition) is 1. The number of hydrogen-bond acceptors (Lipinski definition) is 4. The van der Waals surface area contributed by atoms with E-state index < -0.39 is 0 Å². The Morgan fingerprint density at radius 2 is 1.95 bits per heavy atom. The third-order valence-corrected chi connectivity index (χ3v) is 2.95. The summed E-state index contributed by atoms with van der Waals surface area (Å²) in [5.74, 6) is 0.751. The van der Waals surface area contributed by atoms with E-state index in [1.165, 1.54) is 4.90 Å². The summed E-state index contributed by atoms with van der Waals surface area (Å²) in [6, 6.07) is 12.6. The molecule has 0 aliphatic rings. The maximum absolute atomic E-state index is 11.9. The predicted octanol–water partition coefficient (Wildman–Crippen LogP) is 1.43. The van der Waals surface area contributed by atoms with Gasteiger partial charge in [0.15, 0.2) is 6.61 Å². The van der Waals surface area contributed by atoms with Crippen molar-refractivity contribution < 1.29 is 18.7 Å². The molecule has 1 N–H and O–H groups in total. The van der Waals surface area contributed by atoms with Crippen molar-refractivity contribution in [2.45, 2.75) is 6.54 Å². The van der Waals surface area contributed by atoms with Gasteiger partial charge in [0, 0.05) is 7.05 Å². The third kappa shape index (κ3) is 4.97. The first kappa shape index (κ1) is 15.6. The lowest BCUT2D eigenvalue weighted by molar-refractivity contribution is -0.132. The van der Waals surface area contributed by atoms with Gasteiger partial charge in [0.1, 0.15) is 11.5 Å². The van der Waals surface area contributed by atoms with E-state index in [-0.39, 0.29) is 25.0 Å². The van der Waals surface area contributed by atoms with Crippen molar-refractivity contribution in [1.29, 1.82) is 0 Å². The summed E-state index contributed by atoms with van der Waals surface area (Å²) in [7, 11) is 1.65. The first-order valence-corrected chi connectivity index (χ1v) is 6.86. The van der Waals surface area contributed by atoms with Crippen LogP contribution in [0, 0.1) is 0 Å². The molecule has 0 saturated carbocycles. The largest absolute Gasteiger partial charge is 0.484 e. The Balaban J connectivity index is 1.68. The molecule has 116 valence electrons. The van der Waals surface area contributed by atoms with Gasteiger partial charge in [-0.1, -0.05) is 18.2 Å². The minimum atomic E-state index is -0.344. The first-order valence-electron chi connectivity index (χ1n) is 6.86. The number of carbonyl (C=O) groups is 2. The number of nitrogens with zero attached hydrogens (tertiary/aromatic N) is 1. The van der Waals surface area contributed by atoms with E-state index in [1.807, 2.05) is 18.2 Å². The molecular weight excluding hydrogens is 284 g/mol. The summed E-state index contributed by atoms with van der Waals surface area (Å²) in [6.07, 6.45) is 1.55. The zero-order chi connectivity index (χ0) is 15.8. The average molecular weight is 302 g/mol. The molecule has 0 aliphatic carbocycles. The van der Waals surface area contributed by atoms with Crippen LogP contribution in [-0.4, -0.2) is 36.9 Å².